The van der Waals surface area contributed by atoms with Crippen LogP contribution in [-0.2, 0) is 9.59 Å². The molecule has 17 heteroatoms. The molecule has 0 radical (unpaired) electrons. The van der Waals surface area contributed by atoms with Gasteiger partial charge in [-0.15, -0.1) is 43.1 Å². The normalized spacial score (nSPS) is 15.8. The Labute approximate surface area is 336 Å². The van der Waals surface area contributed by atoms with E-state index in [4.69, 9.17) is 33.2 Å². The molecule has 0 spiro atoms. The van der Waals surface area contributed by atoms with Gasteiger partial charge in [-0.25, -0.2) is 0 Å². The smallest absolute Gasteiger partial charge is 0.355 e. The van der Waals surface area contributed by atoms with E-state index in [0.717, 1.165) is 64.6 Å². The van der Waals surface area contributed by atoms with Gasteiger partial charge in [-0.2, -0.15) is 0 Å². The molecule has 0 bridgehead atoms. The van der Waals surface area contributed by atoms with Crippen molar-refractivity contribution in [2.45, 2.75) is 66.5 Å². The predicted octanol–water partition coefficient (Wildman–Crippen LogP) is 6.89. The molecule has 2 aromatic carbocycles. The van der Waals surface area contributed by atoms with Crippen molar-refractivity contribution >= 4 is 76.7 Å². The Morgan fingerprint density at radius 3 is 1.40 bits per heavy atom. The summed E-state index contributed by atoms with van der Waals surface area (Å²) in [5, 5.41) is 26.6. The van der Waals surface area contributed by atoms with Gasteiger partial charge in [0.1, 0.15) is 33.7 Å². The highest BCUT2D eigenvalue weighted by Crippen LogP contribution is 2.41. The first kappa shape index (κ1) is 37.0. The molecule has 6 heterocycles. The topological polar surface area (TPSA) is 144 Å². The molecule has 0 saturated heterocycles. The number of thiophene rings is 2. The van der Waals surface area contributed by atoms with Crippen molar-refractivity contribution in [2.75, 3.05) is 0 Å². The van der Waals surface area contributed by atoms with Gasteiger partial charge >= 0.3 is 7.55 Å². The van der Waals surface area contributed by atoms with Gasteiger partial charge < -0.3 is 10.5 Å². The fourth-order valence-electron chi connectivity index (χ4n) is 7.00. The van der Waals surface area contributed by atoms with E-state index in [2.05, 4.69) is 58.5 Å². The molecule has 2 aliphatic heterocycles. The van der Waals surface area contributed by atoms with E-state index < -0.39 is 12.1 Å². The third-order valence-corrected chi connectivity index (χ3v) is 12.9. The third kappa shape index (κ3) is 6.73. The summed E-state index contributed by atoms with van der Waals surface area (Å²) < 4.78 is 4.00. The zero-order valence-electron chi connectivity index (χ0n) is 30.9. The lowest BCUT2D eigenvalue weighted by Gasteiger charge is -2.14. The molecule has 2 amide bonds. The van der Waals surface area contributed by atoms with Crippen LogP contribution in [0.2, 0.25) is 10.0 Å². The Morgan fingerprint density at radius 2 is 1.02 bits per heavy atom. The number of fused-ring (bicyclic) bond motifs is 6. The van der Waals surface area contributed by atoms with Crippen molar-refractivity contribution < 1.29 is 9.59 Å². The minimum atomic E-state index is -0.642. The second-order valence-electron chi connectivity index (χ2n) is 13.6. The molecule has 2 aliphatic rings. The molecule has 4 aromatic heterocycles. The number of hydrogen-bond acceptors (Lipinski definition) is 10. The van der Waals surface area contributed by atoms with E-state index >= 15 is 0 Å². The average Bonchev–Trinajstić information content (AvgIpc) is 3.84. The van der Waals surface area contributed by atoms with Crippen LogP contribution in [0.15, 0.2) is 58.5 Å². The van der Waals surface area contributed by atoms with E-state index in [1.807, 2.05) is 71.5 Å². The number of nitrogens with one attached hydrogen (secondary N) is 2. The highest BCUT2D eigenvalue weighted by Gasteiger charge is 2.34. The number of carbonyl (C=O) groups excluding carboxylic acids is 2. The summed E-state index contributed by atoms with van der Waals surface area (Å²) in [6, 6.07) is 13.8. The molecule has 278 valence electrons. The van der Waals surface area contributed by atoms with Gasteiger partial charge in [-0.1, -0.05) is 47.5 Å². The second-order valence-corrected chi connectivity index (χ2v) is 16.9. The lowest BCUT2D eigenvalue weighted by atomic mass is 9.99. The quantitative estimate of drug-likeness (QED) is 0.160. The number of hydrogen-bond donors (Lipinski definition) is 2. The standard InChI is InChI=1S/C38H35BCl2N10O2S2/c1-17-19(3)54-37-31(17)33(23-7-11-25(40)12-8-23)42-27(35-48-46-21(5)50(35)37)15-29(52)44-39-45-30(53)16-28-36-49-47-22(6)51(36)38-32(18(2)20(4)55-38)34(43-28)24-9-13-26(41)14-10-24/h7-14,27-28,39H,15-16H2,1-6H3,(H,44,52)(H,45,53)/t27-,28-/m0/s1. The van der Waals surface area contributed by atoms with E-state index in [1.165, 1.54) is 0 Å². The lowest BCUT2D eigenvalue weighted by molar-refractivity contribution is -0.120. The summed E-state index contributed by atoms with van der Waals surface area (Å²) in [5.74, 6) is 1.94. The number of benzene rings is 2. The molecule has 0 fully saturated rings. The van der Waals surface area contributed by atoms with Crippen LogP contribution in [-0.4, -0.2) is 60.3 Å². The molecule has 2 atom stereocenters. The Balaban J connectivity index is 1.02. The van der Waals surface area contributed by atoms with Crippen LogP contribution in [0.25, 0.3) is 10.0 Å². The monoisotopic (exact) mass is 808 g/mol. The molecule has 12 nitrogen and oxygen atoms in total. The van der Waals surface area contributed by atoms with Gasteiger partial charge in [-0.3, -0.25) is 28.7 Å². The van der Waals surface area contributed by atoms with Crippen LogP contribution < -0.4 is 10.5 Å². The van der Waals surface area contributed by atoms with E-state index in [9.17, 15) is 9.59 Å². The van der Waals surface area contributed by atoms with Crippen molar-refractivity contribution in [3.05, 3.63) is 125 Å². The van der Waals surface area contributed by atoms with Crippen molar-refractivity contribution in [3.63, 3.8) is 0 Å². The van der Waals surface area contributed by atoms with Crippen molar-refractivity contribution in [1.29, 1.82) is 0 Å². The molecular weight excluding hydrogens is 774 g/mol. The number of aryl methyl sites for hydroxylation is 4. The van der Waals surface area contributed by atoms with E-state index in [0.29, 0.717) is 33.3 Å². The number of nitrogens with zero attached hydrogens (tertiary/aromatic N) is 8. The zero-order valence-corrected chi connectivity index (χ0v) is 34.0. The summed E-state index contributed by atoms with van der Waals surface area (Å²) in [5.41, 5.74) is 7.45. The summed E-state index contributed by atoms with van der Waals surface area (Å²) in [7, 11) is -0.0899. The largest absolute Gasteiger partial charge is 0.383 e. The van der Waals surface area contributed by atoms with Crippen molar-refractivity contribution in [2.24, 2.45) is 9.98 Å². The molecule has 55 heavy (non-hydrogen) atoms. The van der Waals surface area contributed by atoms with Gasteiger partial charge in [0.2, 0.25) is 11.8 Å². The first-order chi connectivity index (χ1) is 26.4. The van der Waals surface area contributed by atoms with Gasteiger partial charge in [0.15, 0.2) is 11.6 Å². The van der Waals surface area contributed by atoms with Crippen LogP contribution in [0.5, 0.6) is 0 Å². The van der Waals surface area contributed by atoms with E-state index in [1.54, 1.807) is 22.7 Å². The first-order valence-corrected chi connectivity index (χ1v) is 20.0. The minimum Gasteiger partial charge on any atom is -0.383 e. The predicted molar refractivity (Wildman–Crippen MR) is 219 cm³/mol. The lowest BCUT2D eigenvalue weighted by Crippen LogP contribution is -2.41. The van der Waals surface area contributed by atoms with Gasteiger partial charge in [0, 0.05) is 42.1 Å². The maximum absolute atomic E-state index is 13.6. The highest BCUT2D eigenvalue weighted by molar-refractivity contribution is 7.15. The fourth-order valence-corrected chi connectivity index (χ4v) is 9.68. The van der Waals surface area contributed by atoms with Crippen molar-refractivity contribution in [1.82, 2.24) is 40.0 Å². The maximum Gasteiger partial charge on any atom is 0.355 e. The molecule has 0 unspecified atom stereocenters. The van der Waals surface area contributed by atoms with Gasteiger partial charge in [0.05, 0.1) is 24.3 Å². The number of halogens is 2. The second kappa shape index (κ2) is 14.6. The summed E-state index contributed by atoms with van der Waals surface area (Å²) >= 11 is 15.8. The summed E-state index contributed by atoms with van der Waals surface area (Å²) in [6.45, 7) is 12.1. The Kier molecular flexibility index (Phi) is 9.82. The van der Waals surface area contributed by atoms with Gasteiger partial charge in [0.25, 0.3) is 0 Å². The SMILES string of the molecule is Cc1sc2c(c1C)C(c1ccc(Cl)cc1)=N[C@@H](CC(=O)NBNC(=O)C[C@@H]1N=C(c3ccc(Cl)cc3)c3c(sc(C)c3C)-n3c(C)nnc31)c1nnc(C)n1-2. The molecule has 2 N–H and O–H groups in total. The van der Waals surface area contributed by atoms with Crippen molar-refractivity contribution in [3.8, 4) is 10.0 Å². The summed E-state index contributed by atoms with van der Waals surface area (Å²) in [6.07, 6.45) is -0.0298. The fraction of sp³-hybridized carbons (Fsp3) is 0.263. The average molecular weight is 810 g/mol. The van der Waals surface area contributed by atoms with Crippen LogP contribution in [0.3, 0.4) is 0 Å². The number of aliphatic imine (C=N–C) groups is 2. The molecule has 6 aromatic rings. The number of aromatic nitrogens is 6. The first-order valence-electron chi connectivity index (χ1n) is 17.7. The molecule has 0 aliphatic carbocycles. The minimum absolute atomic E-state index is 0.0149. The van der Waals surface area contributed by atoms with Crippen LogP contribution >= 0.6 is 45.9 Å². The number of amides is 2. The Bertz CT molecular complexity index is 2390. The Morgan fingerprint density at radius 1 is 0.636 bits per heavy atom. The van der Waals surface area contributed by atoms with Crippen LogP contribution in [0.1, 0.15) is 91.4 Å². The summed E-state index contributed by atoms with van der Waals surface area (Å²) in [4.78, 5) is 39.8. The molecular formula is C38H35BCl2N10O2S2. The number of rotatable bonds is 8. The van der Waals surface area contributed by atoms with Crippen LogP contribution in [0.4, 0.5) is 0 Å². The maximum atomic E-state index is 13.6. The highest BCUT2D eigenvalue weighted by atomic mass is 35.5. The van der Waals surface area contributed by atoms with E-state index in [-0.39, 0.29) is 32.2 Å². The third-order valence-electron chi connectivity index (χ3n) is 10.0. The van der Waals surface area contributed by atoms with Crippen LogP contribution in [0, 0.1) is 41.5 Å². The van der Waals surface area contributed by atoms with Gasteiger partial charge in [-0.05, 0) is 76.9 Å². The zero-order chi connectivity index (χ0) is 38.7. The molecule has 8 rings (SSSR count). The molecule has 0 saturated carbocycles. The Hall–Kier alpha value is -4.96. The number of carbonyl (C=O) groups is 2.